The maximum Gasteiger partial charge on any atom is 0.239 e. The summed E-state index contributed by atoms with van der Waals surface area (Å²) in [6.45, 7) is 3.84. The SMILES string of the molecule is CC1CN(c2cccc(S(=O)(=O)C3(C(N)=O)CC3)n2)CCO1. The van der Waals surface area contributed by atoms with Gasteiger partial charge in [0, 0.05) is 13.1 Å². The maximum absolute atomic E-state index is 12.7. The van der Waals surface area contributed by atoms with Crippen molar-refractivity contribution < 1.29 is 17.9 Å². The zero-order chi connectivity index (χ0) is 16.0. The van der Waals surface area contributed by atoms with Crippen LogP contribution in [0.15, 0.2) is 23.2 Å². The molecule has 7 nitrogen and oxygen atoms in total. The van der Waals surface area contributed by atoms with Gasteiger partial charge in [-0.3, -0.25) is 4.79 Å². The Hall–Kier alpha value is -1.67. The summed E-state index contributed by atoms with van der Waals surface area (Å²) in [7, 11) is -3.84. The first-order valence-electron chi connectivity index (χ1n) is 7.25. The quantitative estimate of drug-likeness (QED) is 0.842. The predicted molar refractivity (Wildman–Crippen MR) is 80.2 cm³/mol. The number of amides is 1. The summed E-state index contributed by atoms with van der Waals surface area (Å²) in [5.74, 6) is -0.212. The van der Waals surface area contributed by atoms with Crippen molar-refractivity contribution in [2.45, 2.75) is 35.6 Å². The largest absolute Gasteiger partial charge is 0.375 e. The third-order valence-corrected chi connectivity index (χ3v) is 6.63. The van der Waals surface area contributed by atoms with Gasteiger partial charge in [-0.2, -0.15) is 0 Å². The van der Waals surface area contributed by atoms with Gasteiger partial charge < -0.3 is 15.4 Å². The van der Waals surface area contributed by atoms with Gasteiger partial charge in [-0.15, -0.1) is 0 Å². The topological polar surface area (TPSA) is 103 Å². The fourth-order valence-electron chi connectivity index (χ4n) is 2.72. The Morgan fingerprint density at radius 2 is 2.18 bits per heavy atom. The number of ether oxygens (including phenoxy) is 1. The van der Waals surface area contributed by atoms with E-state index in [1.165, 1.54) is 6.07 Å². The van der Waals surface area contributed by atoms with Crippen molar-refractivity contribution >= 4 is 21.6 Å². The number of nitrogens with zero attached hydrogens (tertiary/aromatic N) is 2. The molecule has 2 fully saturated rings. The van der Waals surface area contributed by atoms with Crippen molar-refractivity contribution in [2.75, 3.05) is 24.6 Å². The maximum atomic E-state index is 12.7. The van der Waals surface area contributed by atoms with Crippen LogP contribution in [0.4, 0.5) is 5.82 Å². The van der Waals surface area contributed by atoms with E-state index in [-0.39, 0.29) is 24.0 Å². The molecule has 1 aromatic heterocycles. The Bertz CT molecular complexity index is 700. The number of nitrogens with two attached hydrogens (primary N) is 1. The molecule has 8 heteroatoms. The summed E-state index contributed by atoms with van der Waals surface area (Å²) in [5.41, 5.74) is 5.28. The molecule has 0 radical (unpaired) electrons. The molecular weight excluding hydrogens is 306 g/mol. The molecule has 120 valence electrons. The van der Waals surface area contributed by atoms with Crippen LogP contribution in [-0.2, 0) is 19.4 Å². The van der Waals surface area contributed by atoms with Crippen LogP contribution >= 0.6 is 0 Å². The van der Waals surface area contributed by atoms with E-state index in [1.54, 1.807) is 12.1 Å². The molecular formula is C14H19N3O4S. The van der Waals surface area contributed by atoms with Gasteiger partial charge in [-0.1, -0.05) is 6.07 Å². The predicted octanol–water partition coefficient (Wildman–Crippen LogP) is 0.0983. The van der Waals surface area contributed by atoms with Crippen molar-refractivity contribution in [3.05, 3.63) is 18.2 Å². The minimum Gasteiger partial charge on any atom is -0.375 e. The van der Waals surface area contributed by atoms with E-state index in [9.17, 15) is 13.2 Å². The zero-order valence-corrected chi connectivity index (χ0v) is 13.2. The fraction of sp³-hybridized carbons (Fsp3) is 0.571. The number of hydrogen-bond donors (Lipinski definition) is 1. The molecule has 1 saturated carbocycles. The molecule has 2 aliphatic rings. The van der Waals surface area contributed by atoms with Crippen LogP contribution < -0.4 is 10.6 Å². The number of anilines is 1. The summed E-state index contributed by atoms with van der Waals surface area (Å²) >= 11 is 0. The molecule has 1 saturated heterocycles. The highest BCUT2D eigenvalue weighted by atomic mass is 32.2. The summed E-state index contributed by atoms with van der Waals surface area (Å²) < 4.78 is 29.3. The highest BCUT2D eigenvalue weighted by Crippen LogP contribution is 2.46. The van der Waals surface area contributed by atoms with Gasteiger partial charge in [-0.25, -0.2) is 13.4 Å². The molecule has 0 aromatic carbocycles. The lowest BCUT2D eigenvalue weighted by Gasteiger charge is -2.32. The number of morpholine rings is 1. The fourth-order valence-corrected chi connectivity index (χ4v) is 4.49. The Morgan fingerprint density at radius 1 is 1.45 bits per heavy atom. The Labute approximate surface area is 129 Å². The van der Waals surface area contributed by atoms with Crippen LogP contribution in [0.3, 0.4) is 0 Å². The van der Waals surface area contributed by atoms with Crippen molar-refractivity contribution in [2.24, 2.45) is 5.73 Å². The van der Waals surface area contributed by atoms with Gasteiger partial charge in [0.15, 0.2) is 9.77 Å². The molecule has 1 aromatic rings. The minimum atomic E-state index is -3.84. The number of aromatic nitrogens is 1. The molecule has 2 N–H and O–H groups in total. The second-order valence-corrected chi connectivity index (χ2v) is 8.03. The number of carbonyl (C=O) groups is 1. The van der Waals surface area contributed by atoms with E-state index in [2.05, 4.69) is 4.98 Å². The van der Waals surface area contributed by atoms with Gasteiger partial charge in [0.1, 0.15) is 5.82 Å². The molecule has 3 rings (SSSR count). The molecule has 0 spiro atoms. The third kappa shape index (κ3) is 2.36. The number of carbonyl (C=O) groups excluding carboxylic acids is 1. The molecule has 1 amide bonds. The standard InChI is InChI=1S/C14H19N3O4S/c1-10-9-17(7-8-21-10)11-3-2-4-12(16-11)22(19,20)14(5-6-14)13(15)18/h2-4,10H,5-9H2,1H3,(H2,15,18). The van der Waals surface area contributed by atoms with Gasteiger partial charge in [0.2, 0.25) is 15.7 Å². The normalized spacial score (nSPS) is 24.0. The van der Waals surface area contributed by atoms with Gasteiger partial charge in [-0.05, 0) is 31.9 Å². The van der Waals surface area contributed by atoms with E-state index in [0.717, 1.165) is 0 Å². The summed E-state index contributed by atoms with van der Waals surface area (Å²) in [6.07, 6.45) is 0.604. The van der Waals surface area contributed by atoms with Crippen LogP contribution in [0.2, 0.25) is 0 Å². The van der Waals surface area contributed by atoms with Gasteiger partial charge in [0.05, 0.1) is 12.7 Å². The molecule has 22 heavy (non-hydrogen) atoms. The van der Waals surface area contributed by atoms with E-state index < -0.39 is 20.5 Å². The van der Waals surface area contributed by atoms with Gasteiger partial charge in [0.25, 0.3) is 0 Å². The lowest BCUT2D eigenvalue weighted by molar-refractivity contribution is -0.118. The summed E-state index contributed by atoms with van der Waals surface area (Å²) in [6, 6.07) is 4.83. The smallest absolute Gasteiger partial charge is 0.239 e. The third-order valence-electron chi connectivity index (χ3n) is 4.22. The van der Waals surface area contributed by atoms with Crippen LogP contribution in [0.1, 0.15) is 19.8 Å². The minimum absolute atomic E-state index is 0.0659. The Kier molecular flexibility index (Phi) is 3.60. The molecule has 1 unspecified atom stereocenters. The molecule has 2 heterocycles. The first-order chi connectivity index (χ1) is 10.4. The zero-order valence-electron chi connectivity index (χ0n) is 12.4. The molecule has 0 bridgehead atoms. The Balaban J connectivity index is 1.93. The van der Waals surface area contributed by atoms with Crippen molar-refractivity contribution in [3.63, 3.8) is 0 Å². The number of hydrogen-bond acceptors (Lipinski definition) is 6. The molecule has 1 aliphatic carbocycles. The van der Waals surface area contributed by atoms with E-state index in [4.69, 9.17) is 10.5 Å². The van der Waals surface area contributed by atoms with Crippen molar-refractivity contribution in [1.29, 1.82) is 0 Å². The van der Waals surface area contributed by atoms with E-state index in [0.29, 0.717) is 25.5 Å². The number of sulfone groups is 1. The number of primary amides is 1. The lowest BCUT2D eigenvalue weighted by atomic mass is 10.3. The van der Waals surface area contributed by atoms with Gasteiger partial charge >= 0.3 is 0 Å². The second-order valence-electron chi connectivity index (χ2n) is 5.82. The highest BCUT2D eigenvalue weighted by Gasteiger charge is 2.60. The first-order valence-corrected chi connectivity index (χ1v) is 8.73. The average Bonchev–Trinajstić information content (AvgIpc) is 3.29. The van der Waals surface area contributed by atoms with Crippen LogP contribution in [0.5, 0.6) is 0 Å². The van der Waals surface area contributed by atoms with E-state index >= 15 is 0 Å². The first kappa shape index (κ1) is 15.2. The average molecular weight is 325 g/mol. The van der Waals surface area contributed by atoms with Crippen molar-refractivity contribution in [1.82, 2.24) is 4.98 Å². The molecule has 1 atom stereocenters. The summed E-state index contributed by atoms with van der Waals surface area (Å²) in [5, 5.41) is -0.0829. The Morgan fingerprint density at radius 3 is 2.77 bits per heavy atom. The monoisotopic (exact) mass is 325 g/mol. The number of rotatable bonds is 4. The van der Waals surface area contributed by atoms with Crippen molar-refractivity contribution in [3.8, 4) is 0 Å². The van der Waals surface area contributed by atoms with Crippen LogP contribution in [0, 0.1) is 0 Å². The second kappa shape index (κ2) is 5.20. The number of pyridine rings is 1. The van der Waals surface area contributed by atoms with Crippen LogP contribution in [-0.4, -0.2) is 49.9 Å². The summed E-state index contributed by atoms with van der Waals surface area (Å²) in [4.78, 5) is 17.8. The van der Waals surface area contributed by atoms with Crippen LogP contribution in [0.25, 0.3) is 0 Å². The lowest BCUT2D eigenvalue weighted by Crippen LogP contribution is -2.42. The highest BCUT2D eigenvalue weighted by molar-refractivity contribution is 7.93. The van der Waals surface area contributed by atoms with E-state index in [1.807, 2.05) is 11.8 Å². The molecule has 1 aliphatic heterocycles.